The number of carbonyl (C=O) groups excluding carboxylic acids is 1. The molecule has 0 aliphatic carbocycles. The van der Waals surface area contributed by atoms with Gasteiger partial charge in [-0.15, -0.1) is 11.3 Å². The highest BCUT2D eigenvalue weighted by atomic mass is 32.1. The minimum atomic E-state index is 0.236. The van der Waals surface area contributed by atoms with E-state index in [4.69, 9.17) is 0 Å². The van der Waals surface area contributed by atoms with E-state index < -0.39 is 0 Å². The molecule has 0 spiro atoms. The first-order chi connectivity index (χ1) is 11.0. The van der Waals surface area contributed by atoms with Crippen molar-refractivity contribution in [1.82, 2.24) is 14.5 Å². The molecule has 0 aromatic carbocycles. The molecule has 1 saturated heterocycles. The molecule has 3 rings (SSSR count). The summed E-state index contributed by atoms with van der Waals surface area (Å²) in [6, 6.07) is 2.15. The first-order valence-corrected chi connectivity index (χ1v) is 9.20. The molecule has 0 radical (unpaired) electrons. The van der Waals surface area contributed by atoms with Crippen molar-refractivity contribution in [3.05, 3.63) is 27.8 Å². The summed E-state index contributed by atoms with van der Waals surface area (Å²) in [5, 5.41) is 3.17. The van der Waals surface area contributed by atoms with Crippen molar-refractivity contribution in [1.29, 1.82) is 0 Å². The lowest BCUT2D eigenvalue weighted by Crippen LogP contribution is -2.40. The minimum Gasteiger partial charge on any atom is -0.341 e. The number of rotatable bonds is 3. The topological polar surface area (TPSA) is 38.1 Å². The lowest BCUT2D eigenvalue weighted by Gasteiger charge is -2.30. The summed E-state index contributed by atoms with van der Waals surface area (Å²) < 4.78 is 2.13. The van der Waals surface area contributed by atoms with Crippen LogP contribution in [0.2, 0.25) is 0 Å². The number of carbonyl (C=O) groups is 1. The fourth-order valence-electron chi connectivity index (χ4n) is 3.28. The fourth-order valence-corrected chi connectivity index (χ4v) is 3.90. The monoisotopic (exact) mass is 331 g/mol. The van der Waals surface area contributed by atoms with Gasteiger partial charge in [-0.3, -0.25) is 4.79 Å². The van der Waals surface area contributed by atoms with Gasteiger partial charge in [0.1, 0.15) is 6.54 Å². The smallest absolute Gasteiger partial charge is 0.242 e. The van der Waals surface area contributed by atoms with Crippen molar-refractivity contribution >= 4 is 17.2 Å². The summed E-state index contributed by atoms with van der Waals surface area (Å²) in [6.45, 7) is 10.7. The molecule has 0 atom stereocenters. The highest BCUT2D eigenvalue weighted by Crippen LogP contribution is 2.28. The normalized spacial score (nSPS) is 16.1. The largest absolute Gasteiger partial charge is 0.341 e. The van der Waals surface area contributed by atoms with Gasteiger partial charge in [0.05, 0.1) is 10.7 Å². The van der Waals surface area contributed by atoms with Crippen LogP contribution >= 0.6 is 11.3 Å². The van der Waals surface area contributed by atoms with Gasteiger partial charge in [-0.2, -0.15) is 0 Å². The first-order valence-electron chi connectivity index (χ1n) is 8.32. The van der Waals surface area contributed by atoms with Gasteiger partial charge in [-0.05, 0) is 45.6 Å². The predicted octanol–water partition coefficient (Wildman–Crippen LogP) is 3.80. The van der Waals surface area contributed by atoms with E-state index in [2.05, 4.69) is 41.8 Å². The maximum Gasteiger partial charge on any atom is 0.242 e. The summed E-state index contributed by atoms with van der Waals surface area (Å²) in [6.07, 6.45) is 2.25. The third-order valence-corrected chi connectivity index (χ3v) is 5.67. The summed E-state index contributed by atoms with van der Waals surface area (Å²) in [5.41, 5.74) is 4.42. The maximum atomic E-state index is 12.6. The van der Waals surface area contributed by atoms with Crippen LogP contribution in [0.5, 0.6) is 0 Å². The molecule has 2 aromatic rings. The quantitative estimate of drug-likeness (QED) is 0.858. The Morgan fingerprint density at radius 2 is 2.00 bits per heavy atom. The number of amides is 1. The molecule has 23 heavy (non-hydrogen) atoms. The predicted molar refractivity (Wildman–Crippen MR) is 94.7 cm³/mol. The SMILES string of the molecule is Cc1nc(-c2cc(C)n(CC(=O)N3CCC(C)CC3)c2C)cs1. The number of aromatic nitrogens is 2. The number of piperidine rings is 1. The Balaban J connectivity index is 1.78. The number of hydrogen-bond donors (Lipinski definition) is 0. The van der Waals surface area contributed by atoms with Crippen molar-refractivity contribution < 1.29 is 4.79 Å². The van der Waals surface area contributed by atoms with Crippen molar-refractivity contribution in [3.8, 4) is 11.3 Å². The van der Waals surface area contributed by atoms with Crippen LogP contribution in [-0.2, 0) is 11.3 Å². The fraction of sp³-hybridized carbons (Fsp3) is 0.556. The molecule has 1 aliphatic heterocycles. The molecule has 3 heterocycles. The molecule has 0 bridgehead atoms. The Labute approximate surface area is 142 Å². The van der Waals surface area contributed by atoms with Crippen LogP contribution in [0, 0.1) is 26.7 Å². The number of likely N-dealkylation sites (tertiary alicyclic amines) is 1. The second kappa shape index (κ2) is 6.48. The van der Waals surface area contributed by atoms with Crippen molar-refractivity contribution in [2.45, 2.75) is 47.1 Å². The molecule has 0 saturated carbocycles. The molecule has 0 unspecified atom stereocenters. The highest BCUT2D eigenvalue weighted by Gasteiger charge is 2.22. The Morgan fingerprint density at radius 3 is 2.61 bits per heavy atom. The Morgan fingerprint density at radius 1 is 1.30 bits per heavy atom. The maximum absolute atomic E-state index is 12.6. The van der Waals surface area contributed by atoms with Gasteiger partial charge >= 0.3 is 0 Å². The van der Waals surface area contributed by atoms with Crippen molar-refractivity contribution in [2.24, 2.45) is 5.92 Å². The van der Waals surface area contributed by atoms with Gasteiger partial charge < -0.3 is 9.47 Å². The third kappa shape index (κ3) is 3.34. The van der Waals surface area contributed by atoms with Gasteiger partial charge in [0.25, 0.3) is 0 Å². The van der Waals surface area contributed by atoms with Crippen LogP contribution in [0.4, 0.5) is 0 Å². The molecule has 5 heteroatoms. The van der Waals surface area contributed by atoms with Gasteiger partial charge in [0, 0.05) is 35.4 Å². The average Bonchev–Trinajstić information content (AvgIpc) is 3.06. The molecular formula is C18H25N3OS. The van der Waals surface area contributed by atoms with Gasteiger partial charge in [-0.1, -0.05) is 6.92 Å². The zero-order chi connectivity index (χ0) is 16.6. The van der Waals surface area contributed by atoms with Crippen molar-refractivity contribution in [2.75, 3.05) is 13.1 Å². The summed E-state index contributed by atoms with van der Waals surface area (Å²) in [7, 11) is 0. The summed E-state index contributed by atoms with van der Waals surface area (Å²) in [4.78, 5) is 19.2. The molecular weight excluding hydrogens is 306 g/mol. The van der Waals surface area contributed by atoms with Crippen LogP contribution in [0.1, 0.15) is 36.2 Å². The number of thiazole rings is 1. The van der Waals surface area contributed by atoms with Crippen LogP contribution in [0.3, 0.4) is 0 Å². The Hall–Kier alpha value is -1.62. The van der Waals surface area contributed by atoms with E-state index in [0.717, 1.165) is 59.5 Å². The van der Waals surface area contributed by atoms with E-state index in [1.807, 2.05) is 11.8 Å². The first kappa shape index (κ1) is 16.2. The molecule has 1 fully saturated rings. The van der Waals surface area contributed by atoms with Gasteiger partial charge in [0.2, 0.25) is 5.91 Å². The molecule has 2 aromatic heterocycles. The van der Waals surface area contributed by atoms with E-state index in [-0.39, 0.29) is 5.91 Å². The second-order valence-corrected chi connectivity index (χ2v) is 7.75. The van der Waals surface area contributed by atoms with Crippen molar-refractivity contribution in [3.63, 3.8) is 0 Å². The number of aryl methyl sites for hydroxylation is 2. The van der Waals surface area contributed by atoms with E-state index in [9.17, 15) is 4.79 Å². The number of hydrogen-bond acceptors (Lipinski definition) is 3. The lowest BCUT2D eigenvalue weighted by molar-refractivity contribution is -0.133. The van der Waals surface area contributed by atoms with Crippen LogP contribution < -0.4 is 0 Å². The van der Waals surface area contributed by atoms with Gasteiger partial charge in [-0.25, -0.2) is 4.98 Å². The van der Waals surface area contributed by atoms with E-state index in [1.54, 1.807) is 11.3 Å². The third-order valence-electron chi connectivity index (χ3n) is 4.90. The van der Waals surface area contributed by atoms with E-state index >= 15 is 0 Å². The Kier molecular flexibility index (Phi) is 4.57. The zero-order valence-corrected chi connectivity index (χ0v) is 15.2. The zero-order valence-electron chi connectivity index (χ0n) is 14.4. The van der Waals surface area contributed by atoms with Crippen LogP contribution in [0.25, 0.3) is 11.3 Å². The summed E-state index contributed by atoms with van der Waals surface area (Å²) >= 11 is 1.66. The van der Waals surface area contributed by atoms with E-state index in [1.165, 1.54) is 0 Å². The summed E-state index contributed by atoms with van der Waals surface area (Å²) in [5.74, 6) is 0.980. The lowest BCUT2D eigenvalue weighted by atomic mass is 9.99. The second-order valence-electron chi connectivity index (χ2n) is 6.69. The van der Waals surface area contributed by atoms with Crippen LogP contribution in [0.15, 0.2) is 11.4 Å². The molecule has 0 N–H and O–H groups in total. The minimum absolute atomic E-state index is 0.236. The van der Waals surface area contributed by atoms with Gasteiger partial charge in [0.15, 0.2) is 0 Å². The standard InChI is InChI=1S/C18H25N3OS/c1-12-5-7-20(8-6-12)18(22)10-21-13(2)9-16(14(21)3)17-11-23-15(4)19-17/h9,11-12H,5-8,10H2,1-4H3. The average molecular weight is 331 g/mol. The molecule has 124 valence electrons. The van der Waals surface area contributed by atoms with E-state index in [0.29, 0.717) is 6.54 Å². The molecule has 1 aliphatic rings. The molecule has 4 nitrogen and oxygen atoms in total. The molecule has 1 amide bonds. The van der Waals surface area contributed by atoms with Crippen LogP contribution in [-0.4, -0.2) is 33.4 Å². The Bertz CT molecular complexity index is 708. The number of nitrogens with zero attached hydrogens (tertiary/aromatic N) is 3. The highest BCUT2D eigenvalue weighted by molar-refractivity contribution is 7.09.